The Labute approximate surface area is 217 Å². The predicted octanol–water partition coefficient (Wildman–Crippen LogP) is 3.91. The van der Waals surface area contributed by atoms with Crippen LogP contribution in [0.4, 0.5) is 23.1 Å². The lowest BCUT2D eigenvalue weighted by Crippen LogP contribution is -2.44. The smallest absolute Gasteiger partial charge is 0.270 e. The first-order valence-corrected chi connectivity index (χ1v) is 13.0. The van der Waals surface area contributed by atoms with Gasteiger partial charge in [0.1, 0.15) is 5.82 Å². The Morgan fingerprint density at radius 3 is 2.68 bits per heavy atom. The normalized spacial score (nSPS) is 15.5. The number of thioether (sulfide) groups is 1. The lowest BCUT2D eigenvalue weighted by Gasteiger charge is -2.33. The Hall–Kier alpha value is -4.03. The Kier molecular flexibility index (Phi) is 6.18. The summed E-state index contributed by atoms with van der Waals surface area (Å²) in [6.07, 6.45) is 3.50. The van der Waals surface area contributed by atoms with E-state index < -0.39 is 4.92 Å². The van der Waals surface area contributed by atoms with Crippen LogP contribution in [-0.4, -0.2) is 73.3 Å². The molecular weight excluding hydrogens is 490 g/mol. The van der Waals surface area contributed by atoms with E-state index >= 15 is 0 Å². The molecule has 0 aliphatic carbocycles. The van der Waals surface area contributed by atoms with Crippen LogP contribution in [0.5, 0.6) is 0 Å². The quantitative estimate of drug-likeness (QED) is 0.299. The van der Waals surface area contributed by atoms with E-state index in [2.05, 4.69) is 36.7 Å². The molecule has 188 valence electrons. The van der Waals surface area contributed by atoms with Crippen molar-refractivity contribution in [2.75, 3.05) is 49.2 Å². The fraction of sp³-hybridized carbons (Fsp3) is 0.280. The molecule has 4 aromatic rings. The number of nitro benzene ring substituents is 1. The molecule has 2 aliphatic heterocycles. The van der Waals surface area contributed by atoms with Crippen molar-refractivity contribution >= 4 is 34.9 Å². The molecule has 0 bridgehead atoms. The van der Waals surface area contributed by atoms with E-state index in [4.69, 9.17) is 9.97 Å². The van der Waals surface area contributed by atoms with Gasteiger partial charge in [0.25, 0.3) is 5.69 Å². The minimum Gasteiger partial charge on any atom is -0.354 e. The topological polar surface area (TPSA) is 118 Å². The number of likely N-dealkylation sites (N-methyl/N-ethyl adjacent to an activating group) is 1. The van der Waals surface area contributed by atoms with Crippen molar-refractivity contribution in [2.45, 2.75) is 11.7 Å². The monoisotopic (exact) mass is 515 g/mol. The standard InChI is InChI=1S/C25H25N9O2S/c1-31-9-11-32(12-10-31)21-6-5-18(16-27-21)28-24-26-8-7-20(29-24)23-22(30-25-33(23)13-14-37-25)17-3-2-4-19(15-17)34(35)36/h2-8,15-16H,9-14H2,1H3,(H,26,28,29). The van der Waals surface area contributed by atoms with Gasteiger partial charge in [0.2, 0.25) is 5.95 Å². The highest BCUT2D eigenvalue weighted by molar-refractivity contribution is 7.99. The number of piperazine rings is 1. The molecule has 0 radical (unpaired) electrons. The lowest BCUT2D eigenvalue weighted by atomic mass is 10.1. The fourth-order valence-corrected chi connectivity index (χ4v) is 5.52. The molecule has 3 aromatic heterocycles. The van der Waals surface area contributed by atoms with Gasteiger partial charge in [-0.3, -0.25) is 10.1 Å². The number of rotatable bonds is 6. The number of imidazole rings is 1. The summed E-state index contributed by atoms with van der Waals surface area (Å²) in [4.78, 5) is 34.2. The second-order valence-electron chi connectivity index (χ2n) is 8.99. The number of nitro groups is 1. The molecule has 0 saturated carbocycles. The number of benzene rings is 1. The molecule has 0 atom stereocenters. The van der Waals surface area contributed by atoms with Gasteiger partial charge in [-0.05, 0) is 25.2 Å². The zero-order valence-corrected chi connectivity index (χ0v) is 21.1. The molecule has 0 spiro atoms. The molecule has 1 saturated heterocycles. The van der Waals surface area contributed by atoms with Crippen LogP contribution in [0.2, 0.25) is 0 Å². The minimum atomic E-state index is -0.391. The molecule has 11 nitrogen and oxygen atoms in total. The van der Waals surface area contributed by atoms with Crippen molar-refractivity contribution < 1.29 is 4.92 Å². The maximum absolute atomic E-state index is 11.4. The van der Waals surface area contributed by atoms with Crippen molar-refractivity contribution in [3.63, 3.8) is 0 Å². The van der Waals surface area contributed by atoms with E-state index in [0.29, 0.717) is 22.9 Å². The van der Waals surface area contributed by atoms with Crippen LogP contribution in [0, 0.1) is 10.1 Å². The number of hydrogen-bond acceptors (Lipinski definition) is 10. The van der Waals surface area contributed by atoms with E-state index in [0.717, 1.165) is 60.8 Å². The van der Waals surface area contributed by atoms with Gasteiger partial charge in [0.05, 0.1) is 33.9 Å². The van der Waals surface area contributed by atoms with E-state index in [1.807, 2.05) is 24.3 Å². The molecule has 1 N–H and O–H groups in total. The third kappa shape index (κ3) is 4.72. The van der Waals surface area contributed by atoms with Crippen molar-refractivity contribution in [3.05, 3.63) is 65.0 Å². The molecule has 2 aliphatic rings. The Balaban J connectivity index is 1.29. The van der Waals surface area contributed by atoms with Crippen LogP contribution in [-0.2, 0) is 6.54 Å². The van der Waals surface area contributed by atoms with Crippen molar-refractivity contribution in [2.24, 2.45) is 0 Å². The first-order valence-electron chi connectivity index (χ1n) is 12.0. The van der Waals surface area contributed by atoms with E-state index in [1.165, 1.54) is 6.07 Å². The van der Waals surface area contributed by atoms with Gasteiger partial charge >= 0.3 is 0 Å². The molecule has 1 fully saturated rings. The van der Waals surface area contributed by atoms with Gasteiger partial charge in [-0.25, -0.2) is 19.9 Å². The highest BCUT2D eigenvalue weighted by Crippen LogP contribution is 2.39. The number of aromatic nitrogens is 5. The number of fused-ring (bicyclic) bond motifs is 1. The van der Waals surface area contributed by atoms with Gasteiger partial charge in [-0.15, -0.1) is 0 Å². The maximum Gasteiger partial charge on any atom is 0.270 e. The molecule has 0 unspecified atom stereocenters. The first-order chi connectivity index (χ1) is 18.0. The lowest BCUT2D eigenvalue weighted by molar-refractivity contribution is -0.384. The van der Waals surface area contributed by atoms with Crippen molar-refractivity contribution in [1.29, 1.82) is 0 Å². The number of non-ortho nitro benzene ring substituents is 1. The second kappa shape index (κ2) is 9.79. The van der Waals surface area contributed by atoms with Gasteiger partial charge in [0.15, 0.2) is 5.16 Å². The van der Waals surface area contributed by atoms with Gasteiger partial charge < -0.3 is 19.7 Å². The number of nitrogens with zero attached hydrogens (tertiary/aromatic N) is 8. The summed E-state index contributed by atoms with van der Waals surface area (Å²) in [5.41, 5.74) is 3.71. The summed E-state index contributed by atoms with van der Waals surface area (Å²) in [5.74, 6) is 2.33. The second-order valence-corrected chi connectivity index (χ2v) is 10.0. The van der Waals surface area contributed by atoms with Crippen LogP contribution in [0.3, 0.4) is 0 Å². The summed E-state index contributed by atoms with van der Waals surface area (Å²) in [6.45, 7) is 4.77. The zero-order chi connectivity index (χ0) is 25.4. The number of nitrogens with one attached hydrogen (secondary N) is 1. The average molecular weight is 516 g/mol. The minimum absolute atomic E-state index is 0.0295. The number of pyridine rings is 1. The highest BCUT2D eigenvalue weighted by Gasteiger charge is 2.26. The molecule has 12 heteroatoms. The van der Waals surface area contributed by atoms with Crippen molar-refractivity contribution in [1.82, 2.24) is 29.4 Å². The van der Waals surface area contributed by atoms with Crippen LogP contribution in [0.15, 0.2) is 60.0 Å². The van der Waals surface area contributed by atoms with Gasteiger partial charge in [0, 0.05) is 62.4 Å². The summed E-state index contributed by atoms with van der Waals surface area (Å²) >= 11 is 1.67. The SMILES string of the molecule is CN1CCN(c2ccc(Nc3nccc(-c4c(-c5cccc([N+](=O)[O-])c5)nc5n4CCS5)n3)cn2)CC1. The molecule has 1 aromatic carbocycles. The van der Waals surface area contributed by atoms with E-state index in [-0.39, 0.29) is 5.69 Å². The third-order valence-electron chi connectivity index (χ3n) is 6.54. The molecule has 5 heterocycles. The summed E-state index contributed by atoms with van der Waals surface area (Å²) in [5, 5.41) is 15.5. The third-order valence-corrected chi connectivity index (χ3v) is 7.50. The average Bonchev–Trinajstić information content (AvgIpc) is 3.52. The van der Waals surface area contributed by atoms with Crippen LogP contribution in [0.25, 0.3) is 22.6 Å². The van der Waals surface area contributed by atoms with Crippen molar-refractivity contribution in [3.8, 4) is 22.6 Å². The van der Waals surface area contributed by atoms with Crippen LogP contribution < -0.4 is 10.2 Å². The van der Waals surface area contributed by atoms with Crippen LogP contribution >= 0.6 is 11.8 Å². The van der Waals surface area contributed by atoms with E-state index in [1.54, 1.807) is 36.3 Å². The Bertz CT molecular complexity index is 1450. The number of anilines is 3. The summed E-state index contributed by atoms with van der Waals surface area (Å²) in [7, 11) is 2.13. The molecule has 6 rings (SSSR count). The zero-order valence-electron chi connectivity index (χ0n) is 20.2. The van der Waals surface area contributed by atoms with Gasteiger partial charge in [-0.1, -0.05) is 23.9 Å². The van der Waals surface area contributed by atoms with Crippen LogP contribution in [0.1, 0.15) is 0 Å². The Morgan fingerprint density at radius 1 is 1.03 bits per heavy atom. The first kappa shape index (κ1) is 23.4. The van der Waals surface area contributed by atoms with Gasteiger partial charge in [-0.2, -0.15) is 0 Å². The maximum atomic E-state index is 11.4. The largest absolute Gasteiger partial charge is 0.354 e. The fourth-order valence-electron chi connectivity index (χ4n) is 4.57. The van der Waals surface area contributed by atoms with E-state index in [9.17, 15) is 10.1 Å². The summed E-state index contributed by atoms with van der Waals surface area (Å²) in [6, 6.07) is 12.4. The highest BCUT2D eigenvalue weighted by atomic mass is 32.2. The number of hydrogen-bond donors (Lipinski definition) is 1. The predicted molar refractivity (Wildman–Crippen MR) is 143 cm³/mol. The molecule has 37 heavy (non-hydrogen) atoms. The summed E-state index contributed by atoms with van der Waals surface area (Å²) < 4.78 is 2.12. The molecular formula is C25H25N9O2S. The molecule has 0 amide bonds. The Morgan fingerprint density at radius 2 is 1.89 bits per heavy atom.